The molecule has 1 saturated heterocycles. The Morgan fingerprint density at radius 1 is 1.09 bits per heavy atom. The van der Waals surface area contributed by atoms with Crippen molar-refractivity contribution < 1.29 is 29.2 Å². The van der Waals surface area contributed by atoms with Gasteiger partial charge >= 0.3 is 5.97 Å². The van der Waals surface area contributed by atoms with Gasteiger partial charge in [0.25, 0.3) is 0 Å². The van der Waals surface area contributed by atoms with Gasteiger partial charge in [-0.3, -0.25) is 0 Å². The van der Waals surface area contributed by atoms with Crippen molar-refractivity contribution in [3.8, 4) is 0 Å². The van der Waals surface area contributed by atoms with Gasteiger partial charge < -0.3 is 24.4 Å². The third-order valence-electron chi connectivity index (χ3n) is 9.69. The molecule has 1 heterocycles. The molecule has 3 saturated carbocycles. The van der Waals surface area contributed by atoms with E-state index in [4.69, 9.17) is 14.2 Å². The first-order valence-electron chi connectivity index (χ1n) is 13.0. The lowest BCUT2D eigenvalue weighted by molar-refractivity contribution is -0.328. The topological polar surface area (TPSA) is 85.2 Å². The molecule has 0 spiro atoms. The van der Waals surface area contributed by atoms with Crippen LogP contribution in [0.15, 0.2) is 11.6 Å². The molecular formula is C27H44O6. The van der Waals surface area contributed by atoms with Crippen LogP contribution < -0.4 is 0 Å². The van der Waals surface area contributed by atoms with Crippen LogP contribution in [0.2, 0.25) is 0 Å². The highest BCUT2D eigenvalue weighted by molar-refractivity contribution is 5.82. The molecule has 3 aliphatic carbocycles. The number of fused-ring (bicyclic) bond motifs is 3. The Labute approximate surface area is 199 Å². The molecule has 33 heavy (non-hydrogen) atoms. The van der Waals surface area contributed by atoms with Crippen molar-refractivity contribution >= 4 is 5.97 Å². The molecule has 0 aromatic rings. The smallest absolute Gasteiger partial charge is 0.331 e. The van der Waals surface area contributed by atoms with Crippen molar-refractivity contribution in [2.45, 2.75) is 117 Å². The molecule has 6 nitrogen and oxygen atoms in total. The zero-order valence-electron chi connectivity index (χ0n) is 21.4. The zero-order valence-corrected chi connectivity index (χ0v) is 21.4. The molecule has 0 aromatic carbocycles. The monoisotopic (exact) mass is 464 g/mol. The van der Waals surface area contributed by atoms with Gasteiger partial charge in [0.05, 0.1) is 11.7 Å². The maximum atomic E-state index is 12.5. The van der Waals surface area contributed by atoms with E-state index in [1.54, 1.807) is 6.92 Å². The van der Waals surface area contributed by atoms with E-state index in [0.29, 0.717) is 23.2 Å². The average Bonchev–Trinajstić information content (AvgIpc) is 3.12. The third-order valence-corrected chi connectivity index (χ3v) is 9.69. The molecule has 188 valence electrons. The lowest BCUT2D eigenvalue weighted by Crippen LogP contribution is -2.61. The Balaban J connectivity index is 1.57. The normalized spacial score (nSPS) is 49.1. The molecule has 0 amide bonds. The standard InChI is InChI=1S/C27H44O6/c1-8-14(2)13-19(28)32-24-23(30)22(29)16(4)31-25(24)33-27(7)12-11-18-21(26(18,5)6)20-15(3)9-10-17(20)27/h13,15-18,20-25,29-30H,8-12H2,1-7H3/b14-13+/t15-,16-,17?,18?,20?,21?,22+,23+,24-,25+,27-/m1/s1. The predicted octanol–water partition coefficient (Wildman–Crippen LogP) is 4.22. The van der Waals surface area contributed by atoms with Crippen molar-refractivity contribution in [2.75, 3.05) is 0 Å². The summed E-state index contributed by atoms with van der Waals surface area (Å²) in [4.78, 5) is 12.5. The van der Waals surface area contributed by atoms with Crippen LogP contribution in [-0.4, -0.2) is 52.5 Å². The van der Waals surface area contributed by atoms with Crippen LogP contribution in [0.4, 0.5) is 0 Å². The first kappa shape index (κ1) is 25.2. The highest BCUT2D eigenvalue weighted by Crippen LogP contribution is 2.71. The van der Waals surface area contributed by atoms with Gasteiger partial charge in [-0.25, -0.2) is 4.79 Å². The summed E-state index contributed by atoms with van der Waals surface area (Å²) < 4.78 is 18.4. The predicted molar refractivity (Wildman–Crippen MR) is 125 cm³/mol. The summed E-state index contributed by atoms with van der Waals surface area (Å²) in [5, 5.41) is 21.3. The summed E-state index contributed by atoms with van der Waals surface area (Å²) in [7, 11) is 0. The number of hydrogen-bond donors (Lipinski definition) is 2. The van der Waals surface area contributed by atoms with E-state index in [9.17, 15) is 15.0 Å². The number of aliphatic hydroxyl groups excluding tert-OH is 2. The van der Waals surface area contributed by atoms with Gasteiger partial charge in [0.2, 0.25) is 0 Å². The average molecular weight is 465 g/mol. The Kier molecular flexibility index (Phi) is 6.80. The van der Waals surface area contributed by atoms with E-state index < -0.39 is 42.3 Å². The second-order valence-corrected chi connectivity index (χ2v) is 12.1. The molecule has 11 atom stereocenters. The fourth-order valence-electron chi connectivity index (χ4n) is 7.38. The molecule has 1 aliphatic heterocycles. The minimum Gasteiger partial charge on any atom is -0.451 e. The highest BCUT2D eigenvalue weighted by Gasteiger charge is 2.67. The summed E-state index contributed by atoms with van der Waals surface area (Å²) in [6.45, 7) is 14.9. The van der Waals surface area contributed by atoms with Crippen molar-refractivity contribution in [3.05, 3.63) is 11.6 Å². The highest BCUT2D eigenvalue weighted by atomic mass is 16.7. The molecule has 6 heteroatoms. The molecule has 2 N–H and O–H groups in total. The zero-order chi connectivity index (χ0) is 24.3. The van der Waals surface area contributed by atoms with Crippen molar-refractivity contribution in [2.24, 2.45) is 35.0 Å². The number of hydrogen-bond acceptors (Lipinski definition) is 6. The number of allylic oxidation sites excluding steroid dienone is 1. The fourth-order valence-corrected chi connectivity index (χ4v) is 7.38. The molecule has 0 bridgehead atoms. The summed E-state index contributed by atoms with van der Waals surface area (Å²) >= 11 is 0. The Morgan fingerprint density at radius 2 is 1.79 bits per heavy atom. The minimum absolute atomic E-state index is 0.403. The Morgan fingerprint density at radius 3 is 2.45 bits per heavy atom. The Bertz CT molecular complexity index is 777. The third kappa shape index (κ3) is 4.41. The van der Waals surface area contributed by atoms with Crippen LogP contribution >= 0.6 is 0 Å². The van der Waals surface area contributed by atoms with Gasteiger partial charge in [0, 0.05) is 6.08 Å². The summed E-state index contributed by atoms with van der Waals surface area (Å²) in [5.74, 6) is 2.61. The van der Waals surface area contributed by atoms with Crippen molar-refractivity contribution in [1.29, 1.82) is 0 Å². The minimum atomic E-state index is -1.27. The number of esters is 1. The van der Waals surface area contributed by atoms with E-state index in [1.165, 1.54) is 12.5 Å². The number of carbonyl (C=O) groups is 1. The maximum Gasteiger partial charge on any atom is 0.331 e. The molecule has 0 radical (unpaired) electrons. The number of rotatable bonds is 5. The first-order chi connectivity index (χ1) is 15.4. The molecule has 4 aliphatic rings. The van der Waals surface area contributed by atoms with Crippen molar-refractivity contribution in [3.63, 3.8) is 0 Å². The first-order valence-corrected chi connectivity index (χ1v) is 13.0. The summed E-state index contributed by atoms with van der Waals surface area (Å²) in [6, 6.07) is 0. The lowest BCUT2D eigenvalue weighted by Gasteiger charge is -2.47. The lowest BCUT2D eigenvalue weighted by atomic mass is 9.74. The number of carbonyl (C=O) groups excluding carboxylic acids is 1. The molecule has 4 unspecified atom stereocenters. The van der Waals surface area contributed by atoms with Crippen LogP contribution in [0.25, 0.3) is 0 Å². The number of aliphatic hydroxyl groups is 2. The number of ether oxygens (including phenoxy) is 3. The van der Waals surface area contributed by atoms with E-state index >= 15 is 0 Å². The van der Waals surface area contributed by atoms with E-state index in [0.717, 1.165) is 43.1 Å². The summed E-state index contributed by atoms with van der Waals surface area (Å²) in [6.07, 6.45) is 1.52. The van der Waals surface area contributed by atoms with Gasteiger partial charge in [0.15, 0.2) is 12.4 Å². The fraction of sp³-hybridized carbons (Fsp3) is 0.889. The van der Waals surface area contributed by atoms with Crippen LogP contribution in [0, 0.1) is 35.0 Å². The van der Waals surface area contributed by atoms with E-state index in [-0.39, 0.29) is 0 Å². The molecule has 4 rings (SSSR count). The molecule has 4 fully saturated rings. The second-order valence-electron chi connectivity index (χ2n) is 12.1. The summed E-state index contributed by atoms with van der Waals surface area (Å²) in [5.41, 5.74) is 0.865. The molecule has 0 aromatic heterocycles. The van der Waals surface area contributed by atoms with Crippen LogP contribution in [0.5, 0.6) is 0 Å². The van der Waals surface area contributed by atoms with Gasteiger partial charge in [-0.05, 0) is 81.5 Å². The van der Waals surface area contributed by atoms with Crippen LogP contribution in [-0.2, 0) is 19.0 Å². The van der Waals surface area contributed by atoms with E-state index in [2.05, 4.69) is 27.7 Å². The largest absolute Gasteiger partial charge is 0.451 e. The maximum absolute atomic E-state index is 12.5. The SMILES string of the molecule is CC/C(C)=C/C(=O)O[C@H]1[C@H](O[C@]2(C)CCC3C(C4C2CC[C@H]4C)C3(C)C)O[C@H](C)[C@H](O)[C@@H]1O. The van der Waals surface area contributed by atoms with Crippen LogP contribution in [0.3, 0.4) is 0 Å². The quantitative estimate of drug-likeness (QED) is 0.468. The van der Waals surface area contributed by atoms with Crippen molar-refractivity contribution in [1.82, 2.24) is 0 Å². The van der Waals surface area contributed by atoms with Gasteiger partial charge in [-0.15, -0.1) is 0 Å². The van der Waals surface area contributed by atoms with E-state index in [1.807, 2.05) is 13.8 Å². The second kappa shape index (κ2) is 8.92. The van der Waals surface area contributed by atoms with Gasteiger partial charge in [-0.1, -0.05) is 39.7 Å². The van der Waals surface area contributed by atoms with Gasteiger partial charge in [0.1, 0.15) is 12.2 Å². The van der Waals surface area contributed by atoms with Gasteiger partial charge in [-0.2, -0.15) is 0 Å². The Hall–Kier alpha value is -0.950. The van der Waals surface area contributed by atoms with Crippen LogP contribution in [0.1, 0.15) is 80.6 Å². The molecular weight excluding hydrogens is 420 g/mol.